The second-order valence-electron chi connectivity index (χ2n) is 6.52. The molecule has 6 nitrogen and oxygen atoms in total. The Labute approximate surface area is 164 Å². The van der Waals surface area contributed by atoms with Gasteiger partial charge in [-0.1, -0.05) is 24.3 Å². The molecule has 0 amide bonds. The van der Waals surface area contributed by atoms with E-state index in [1.165, 1.54) is 0 Å². The lowest BCUT2D eigenvalue weighted by molar-refractivity contribution is 0.571. The Kier molecular flexibility index (Phi) is 3.85. The third kappa shape index (κ3) is 2.71. The molecule has 136 valence electrons. The second-order valence-corrected chi connectivity index (χ2v) is 7.63. The van der Waals surface area contributed by atoms with Crippen LogP contribution in [-0.2, 0) is 0 Å². The van der Waals surface area contributed by atoms with Crippen LogP contribution in [0.15, 0.2) is 70.2 Å². The fourth-order valence-electron chi connectivity index (χ4n) is 3.28. The van der Waals surface area contributed by atoms with Gasteiger partial charge in [0.1, 0.15) is 23.3 Å². The molecule has 0 saturated carbocycles. The molecule has 0 fully saturated rings. The molecule has 0 aliphatic carbocycles. The van der Waals surface area contributed by atoms with Crippen molar-refractivity contribution >= 4 is 28.3 Å². The Bertz CT molecular complexity index is 1200. The number of thiophene rings is 1. The summed E-state index contributed by atoms with van der Waals surface area (Å²) in [5.74, 6) is 0.512. The molecule has 7 heteroatoms. The predicted octanol–water partition coefficient (Wildman–Crippen LogP) is 4.28. The quantitative estimate of drug-likeness (QED) is 0.548. The van der Waals surface area contributed by atoms with Gasteiger partial charge in [-0.15, -0.1) is 11.3 Å². The number of hydrogen-bond donors (Lipinski definition) is 2. The van der Waals surface area contributed by atoms with E-state index in [9.17, 15) is 5.26 Å². The fraction of sp³-hybridized carbons (Fsp3) is 0.0952. The van der Waals surface area contributed by atoms with Gasteiger partial charge in [0.15, 0.2) is 5.58 Å². The minimum absolute atomic E-state index is 0.192. The molecule has 1 aliphatic rings. The monoisotopic (exact) mass is 385 g/mol. The average molecular weight is 385 g/mol. The van der Waals surface area contributed by atoms with Crippen molar-refractivity contribution in [1.29, 1.82) is 5.26 Å². The number of fused-ring (bicyclic) bond motifs is 1. The Morgan fingerprint density at radius 1 is 1.04 bits per heavy atom. The van der Waals surface area contributed by atoms with E-state index >= 15 is 0 Å². The average Bonchev–Trinajstić information content (AvgIpc) is 3.45. The summed E-state index contributed by atoms with van der Waals surface area (Å²) in [7, 11) is 0. The van der Waals surface area contributed by atoms with E-state index < -0.39 is 5.92 Å². The number of hydrazone groups is 1. The lowest BCUT2D eigenvalue weighted by Gasteiger charge is -2.10. The molecule has 2 aromatic carbocycles. The maximum absolute atomic E-state index is 9.32. The van der Waals surface area contributed by atoms with Gasteiger partial charge < -0.3 is 10.2 Å². The number of rotatable bonds is 3. The molecule has 2 unspecified atom stereocenters. The van der Waals surface area contributed by atoms with Crippen LogP contribution < -0.4 is 11.2 Å². The summed E-state index contributed by atoms with van der Waals surface area (Å²) < 4.78 is 5.83. The number of nitriles is 1. The first kappa shape index (κ1) is 16.5. The van der Waals surface area contributed by atoms with Gasteiger partial charge in [-0.3, -0.25) is 5.43 Å². The molecule has 2 atom stereocenters. The summed E-state index contributed by atoms with van der Waals surface area (Å²) in [4.78, 5) is 6.69. The molecule has 0 saturated heterocycles. The van der Waals surface area contributed by atoms with E-state index in [1.54, 1.807) is 11.3 Å². The van der Waals surface area contributed by atoms with Crippen LogP contribution in [0.5, 0.6) is 0 Å². The maximum atomic E-state index is 9.32. The summed E-state index contributed by atoms with van der Waals surface area (Å²) in [5, 5.41) is 13.3. The van der Waals surface area contributed by atoms with E-state index in [0.29, 0.717) is 11.7 Å². The van der Waals surface area contributed by atoms with Gasteiger partial charge in [0.25, 0.3) is 0 Å². The number of benzene rings is 2. The zero-order valence-electron chi connectivity index (χ0n) is 14.7. The van der Waals surface area contributed by atoms with Crippen LogP contribution in [0.1, 0.15) is 10.9 Å². The lowest BCUT2D eigenvalue weighted by atomic mass is 10.0. The van der Waals surface area contributed by atoms with Crippen LogP contribution in [-0.4, -0.2) is 10.8 Å². The van der Waals surface area contributed by atoms with Crippen LogP contribution in [0.4, 0.5) is 0 Å². The molecule has 3 N–H and O–H groups in total. The third-order valence-corrected chi connectivity index (χ3v) is 5.98. The van der Waals surface area contributed by atoms with Crippen LogP contribution in [0, 0.1) is 17.2 Å². The summed E-state index contributed by atoms with van der Waals surface area (Å²) in [6.45, 7) is 0. The summed E-state index contributed by atoms with van der Waals surface area (Å²) in [6, 6.07) is 21.9. The van der Waals surface area contributed by atoms with Gasteiger partial charge in [-0.25, -0.2) is 4.98 Å². The maximum Gasteiger partial charge on any atom is 0.227 e. The smallest absolute Gasteiger partial charge is 0.227 e. The Hall–Kier alpha value is -3.63. The van der Waals surface area contributed by atoms with E-state index in [0.717, 1.165) is 32.0 Å². The van der Waals surface area contributed by atoms with Gasteiger partial charge in [-0.05, 0) is 42.0 Å². The normalized spacial score (nSPS) is 18.6. The van der Waals surface area contributed by atoms with Crippen LogP contribution in [0.2, 0.25) is 0 Å². The van der Waals surface area contributed by atoms with E-state index in [-0.39, 0.29) is 6.04 Å². The van der Waals surface area contributed by atoms with Gasteiger partial charge >= 0.3 is 0 Å². The standard InChI is InChI=1S/C21H15N5OS/c22-11-14-19(25-26-20(14)23)18-10-9-17(28-18)12-5-7-13(8-6-12)21-24-15-3-1-2-4-16(15)27-21/h1-10,14,19,25H,(H2,23,26). The predicted molar refractivity (Wildman–Crippen MR) is 109 cm³/mol. The van der Waals surface area contributed by atoms with Crippen molar-refractivity contribution < 1.29 is 4.42 Å². The number of aromatic nitrogens is 1. The molecule has 0 radical (unpaired) electrons. The molecule has 1 aliphatic heterocycles. The van der Waals surface area contributed by atoms with Crippen molar-refractivity contribution in [3.05, 3.63) is 65.5 Å². The first-order chi connectivity index (χ1) is 13.7. The third-order valence-electron chi connectivity index (χ3n) is 4.77. The Balaban J connectivity index is 1.41. The van der Waals surface area contributed by atoms with E-state index in [4.69, 9.17) is 10.2 Å². The Morgan fingerprint density at radius 2 is 1.82 bits per heavy atom. The molecule has 28 heavy (non-hydrogen) atoms. The summed E-state index contributed by atoms with van der Waals surface area (Å²) in [6.07, 6.45) is 0. The first-order valence-corrected chi connectivity index (χ1v) is 9.59. The van der Waals surface area contributed by atoms with Crippen molar-refractivity contribution in [2.75, 3.05) is 0 Å². The van der Waals surface area contributed by atoms with Gasteiger partial charge in [-0.2, -0.15) is 10.4 Å². The fourth-order valence-corrected chi connectivity index (χ4v) is 4.37. The Morgan fingerprint density at radius 3 is 2.61 bits per heavy atom. The molecule has 3 heterocycles. The zero-order chi connectivity index (χ0) is 19.1. The highest BCUT2D eigenvalue weighted by Gasteiger charge is 2.32. The lowest BCUT2D eigenvalue weighted by Crippen LogP contribution is -2.23. The SMILES string of the molecule is N#CC1C(N)=NNC1c1ccc(-c2ccc(-c3nc4ccccc4o3)cc2)s1. The van der Waals surface area contributed by atoms with Crippen LogP contribution >= 0.6 is 11.3 Å². The summed E-state index contributed by atoms with van der Waals surface area (Å²) >= 11 is 1.63. The first-order valence-electron chi connectivity index (χ1n) is 8.77. The van der Waals surface area contributed by atoms with Crippen molar-refractivity contribution in [1.82, 2.24) is 10.4 Å². The number of nitrogens with zero attached hydrogens (tertiary/aromatic N) is 3. The number of para-hydroxylation sites is 2. The van der Waals surface area contributed by atoms with Crippen LogP contribution in [0.25, 0.3) is 33.0 Å². The number of oxazole rings is 1. The highest BCUT2D eigenvalue weighted by Crippen LogP contribution is 2.36. The highest BCUT2D eigenvalue weighted by molar-refractivity contribution is 7.15. The molecular weight excluding hydrogens is 370 g/mol. The number of amidine groups is 1. The molecule has 2 aromatic heterocycles. The molecule has 0 spiro atoms. The van der Waals surface area contributed by atoms with E-state index in [2.05, 4.69) is 39.8 Å². The summed E-state index contributed by atoms with van der Waals surface area (Å²) in [5.41, 5.74) is 12.4. The van der Waals surface area contributed by atoms with Crippen molar-refractivity contribution in [3.8, 4) is 28.0 Å². The largest absolute Gasteiger partial charge is 0.436 e. The minimum Gasteiger partial charge on any atom is -0.436 e. The zero-order valence-corrected chi connectivity index (χ0v) is 15.5. The second kappa shape index (κ2) is 6.51. The van der Waals surface area contributed by atoms with E-state index in [1.807, 2.05) is 42.5 Å². The topological polar surface area (TPSA) is 100 Å². The molecule has 0 bridgehead atoms. The number of nitrogens with two attached hydrogens (primary N) is 1. The molecule has 4 aromatic rings. The van der Waals surface area contributed by atoms with Gasteiger partial charge in [0, 0.05) is 15.3 Å². The van der Waals surface area contributed by atoms with Gasteiger partial charge in [0.05, 0.1) is 6.07 Å². The van der Waals surface area contributed by atoms with Crippen molar-refractivity contribution in [2.45, 2.75) is 6.04 Å². The van der Waals surface area contributed by atoms with Crippen molar-refractivity contribution in [3.63, 3.8) is 0 Å². The van der Waals surface area contributed by atoms with Crippen LogP contribution in [0.3, 0.4) is 0 Å². The number of nitrogens with one attached hydrogen (secondary N) is 1. The minimum atomic E-state index is -0.437. The number of hydrogen-bond acceptors (Lipinski definition) is 7. The van der Waals surface area contributed by atoms with Crippen molar-refractivity contribution in [2.24, 2.45) is 16.8 Å². The molecule has 5 rings (SSSR count). The van der Waals surface area contributed by atoms with Gasteiger partial charge in [0.2, 0.25) is 5.89 Å². The molecular formula is C21H15N5OS. The highest BCUT2D eigenvalue weighted by atomic mass is 32.1.